The number of nitrogens with zero attached hydrogens (tertiary/aromatic N) is 6. The summed E-state index contributed by atoms with van der Waals surface area (Å²) in [5, 5.41) is 15.7. The number of aromatic nitrogens is 6. The average Bonchev–Trinajstić information content (AvgIpc) is 3.14. The largest absolute Gasteiger partial charge is 0.373 e. The minimum absolute atomic E-state index is 0.118. The molecule has 4 aromatic rings. The summed E-state index contributed by atoms with van der Waals surface area (Å²) in [4.78, 5) is 21.8. The third-order valence-corrected chi connectivity index (χ3v) is 5.20. The van der Waals surface area contributed by atoms with Crippen LogP contribution in [0, 0.1) is 0 Å². The van der Waals surface area contributed by atoms with Crippen LogP contribution in [-0.2, 0) is 0 Å². The van der Waals surface area contributed by atoms with E-state index in [-0.39, 0.29) is 17.5 Å². The predicted molar refractivity (Wildman–Crippen MR) is 110 cm³/mol. The molecule has 0 spiro atoms. The van der Waals surface area contributed by atoms with Crippen molar-refractivity contribution in [3.8, 4) is 11.4 Å². The summed E-state index contributed by atoms with van der Waals surface area (Å²) in [5.41, 5.74) is 2.70. The highest BCUT2D eigenvalue weighted by Crippen LogP contribution is 2.30. The van der Waals surface area contributed by atoms with E-state index in [1.54, 1.807) is 17.8 Å². The number of pyridine rings is 1. The van der Waals surface area contributed by atoms with E-state index in [0.29, 0.717) is 29.3 Å². The molecule has 0 aromatic carbocycles. The minimum Gasteiger partial charge on any atom is -0.373 e. The Morgan fingerprint density at radius 1 is 1.33 bits per heavy atom. The molecular formula is C20H21FN8O. The molecule has 1 aliphatic rings. The van der Waals surface area contributed by atoms with Gasteiger partial charge in [0.15, 0.2) is 11.3 Å². The molecule has 2 N–H and O–H groups in total. The number of halogens is 1. The molecule has 30 heavy (non-hydrogen) atoms. The summed E-state index contributed by atoms with van der Waals surface area (Å²) in [7, 11) is 1.77. The van der Waals surface area contributed by atoms with E-state index in [1.165, 1.54) is 6.20 Å². The van der Waals surface area contributed by atoms with Crippen LogP contribution >= 0.6 is 0 Å². The molecule has 0 aliphatic heterocycles. The van der Waals surface area contributed by atoms with Gasteiger partial charge in [-0.1, -0.05) is 0 Å². The van der Waals surface area contributed by atoms with Gasteiger partial charge in [-0.3, -0.25) is 4.79 Å². The van der Waals surface area contributed by atoms with Crippen molar-refractivity contribution in [1.82, 2.24) is 34.7 Å². The lowest BCUT2D eigenvalue weighted by Crippen LogP contribution is -2.27. The Hall–Kier alpha value is -3.56. The second-order valence-electron chi connectivity index (χ2n) is 7.66. The number of alkyl halides is 1. The van der Waals surface area contributed by atoms with Crippen molar-refractivity contribution in [2.75, 3.05) is 12.4 Å². The van der Waals surface area contributed by atoms with Crippen LogP contribution in [0.3, 0.4) is 0 Å². The molecule has 1 unspecified atom stereocenters. The van der Waals surface area contributed by atoms with Crippen molar-refractivity contribution in [3.63, 3.8) is 0 Å². The van der Waals surface area contributed by atoms with Gasteiger partial charge >= 0.3 is 0 Å². The van der Waals surface area contributed by atoms with Crippen LogP contribution in [0.15, 0.2) is 30.6 Å². The van der Waals surface area contributed by atoms with E-state index in [4.69, 9.17) is 10.1 Å². The Morgan fingerprint density at radius 2 is 2.13 bits per heavy atom. The van der Waals surface area contributed by atoms with Crippen LogP contribution in [0.25, 0.3) is 28.1 Å². The van der Waals surface area contributed by atoms with Crippen molar-refractivity contribution in [1.29, 1.82) is 0 Å². The zero-order chi connectivity index (χ0) is 21.0. The number of fused-ring (bicyclic) bond motifs is 2. The molecule has 9 nitrogen and oxygen atoms in total. The lowest BCUT2D eigenvalue weighted by molar-refractivity contribution is 0.0949. The summed E-state index contributed by atoms with van der Waals surface area (Å²) in [6.45, 7) is 4.08. The average molecular weight is 408 g/mol. The minimum atomic E-state index is -0.981. The second kappa shape index (κ2) is 6.75. The monoisotopic (exact) mass is 408 g/mol. The first-order valence-corrected chi connectivity index (χ1v) is 9.83. The molecule has 1 fully saturated rings. The number of nitrogens with one attached hydrogen (secondary N) is 2. The van der Waals surface area contributed by atoms with E-state index in [9.17, 15) is 9.18 Å². The third-order valence-electron chi connectivity index (χ3n) is 5.20. The molecule has 2 atom stereocenters. The Kier molecular flexibility index (Phi) is 4.16. The lowest BCUT2D eigenvalue weighted by atomic mass is 10.2. The fourth-order valence-electron chi connectivity index (χ4n) is 3.50. The van der Waals surface area contributed by atoms with Crippen LogP contribution in [0.2, 0.25) is 0 Å². The molecule has 0 radical (unpaired) electrons. The maximum atomic E-state index is 13.2. The van der Waals surface area contributed by atoms with Crippen molar-refractivity contribution in [2.45, 2.75) is 38.5 Å². The predicted octanol–water partition coefficient (Wildman–Crippen LogP) is 2.60. The van der Waals surface area contributed by atoms with Crippen LogP contribution < -0.4 is 10.6 Å². The van der Waals surface area contributed by atoms with Crippen LogP contribution in [0.5, 0.6) is 0 Å². The molecule has 1 aliphatic carbocycles. The SMILES string of the molecule is CNc1cc(-c2nn(C(C)C)c3ncccc23)nc2c(C(=O)NC3C[C@H]3F)cnn12. The van der Waals surface area contributed by atoms with Crippen LogP contribution in [-0.4, -0.2) is 54.5 Å². The van der Waals surface area contributed by atoms with Crippen molar-refractivity contribution >= 4 is 28.4 Å². The number of anilines is 1. The van der Waals surface area contributed by atoms with Gasteiger partial charge < -0.3 is 10.6 Å². The highest BCUT2D eigenvalue weighted by atomic mass is 19.1. The van der Waals surface area contributed by atoms with Gasteiger partial charge in [0.05, 0.1) is 17.9 Å². The normalized spacial score (nSPS) is 18.3. The number of hydrogen-bond donors (Lipinski definition) is 2. The second-order valence-corrected chi connectivity index (χ2v) is 7.66. The Balaban J connectivity index is 1.68. The van der Waals surface area contributed by atoms with Crippen molar-refractivity contribution in [2.24, 2.45) is 0 Å². The fourth-order valence-corrected chi connectivity index (χ4v) is 3.50. The third kappa shape index (κ3) is 2.87. The van der Waals surface area contributed by atoms with E-state index >= 15 is 0 Å². The summed E-state index contributed by atoms with van der Waals surface area (Å²) in [5.74, 6) is 0.265. The molecular weight excluding hydrogens is 387 g/mol. The molecule has 4 aromatic heterocycles. The first-order valence-electron chi connectivity index (χ1n) is 9.83. The first kappa shape index (κ1) is 18.5. The zero-order valence-corrected chi connectivity index (χ0v) is 16.8. The van der Waals surface area contributed by atoms with Gasteiger partial charge in [0.1, 0.15) is 23.2 Å². The Bertz CT molecular complexity index is 1280. The first-order chi connectivity index (χ1) is 14.5. The Labute approximate surface area is 171 Å². The molecule has 5 rings (SSSR count). The summed E-state index contributed by atoms with van der Waals surface area (Å²) >= 11 is 0. The number of carbonyl (C=O) groups excluding carboxylic acids is 1. The summed E-state index contributed by atoms with van der Waals surface area (Å²) < 4.78 is 16.6. The van der Waals surface area contributed by atoms with Gasteiger partial charge in [0.25, 0.3) is 5.91 Å². The van der Waals surface area contributed by atoms with Gasteiger partial charge in [0, 0.05) is 37.2 Å². The standard InChI is InChI=1S/C20H21FN8O/c1-10(2)28-18-11(5-4-6-23-18)17(27-28)15-8-16(22-3)29-19(25-15)12(9-24-29)20(30)26-14-7-13(14)21/h4-6,8-10,13-14,22H,7H2,1-3H3,(H,26,30)/t13-,14?/m1/s1. The smallest absolute Gasteiger partial charge is 0.257 e. The van der Waals surface area contributed by atoms with Crippen molar-refractivity contribution < 1.29 is 9.18 Å². The summed E-state index contributed by atoms with van der Waals surface area (Å²) in [6.07, 6.45) is 2.55. The van der Waals surface area contributed by atoms with Crippen LogP contribution in [0.4, 0.5) is 10.2 Å². The maximum Gasteiger partial charge on any atom is 0.257 e. The van der Waals surface area contributed by atoms with Gasteiger partial charge in [-0.15, -0.1) is 0 Å². The number of rotatable bonds is 5. The number of hydrogen-bond acceptors (Lipinski definition) is 6. The molecule has 154 valence electrons. The van der Waals surface area contributed by atoms with E-state index in [2.05, 4.69) is 20.7 Å². The lowest BCUT2D eigenvalue weighted by Gasteiger charge is -2.08. The quantitative estimate of drug-likeness (QED) is 0.526. The Morgan fingerprint density at radius 3 is 2.83 bits per heavy atom. The molecule has 0 bridgehead atoms. The topological polar surface area (TPSA) is 102 Å². The fraction of sp³-hybridized carbons (Fsp3) is 0.350. The molecule has 0 saturated heterocycles. The number of carbonyl (C=O) groups is 1. The van der Waals surface area contributed by atoms with E-state index in [1.807, 2.05) is 36.7 Å². The highest BCUT2D eigenvalue weighted by Gasteiger charge is 2.39. The highest BCUT2D eigenvalue weighted by molar-refractivity contribution is 6.01. The molecule has 1 amide bonds. The molecule has 1 saturated carbocycles. The molecule has 10 heteroatoms. The van der Waals surface area contributed by atoms with E-state index in [0.717, 1.165) is 11.0 Å². The van der Waals surface area contributed by atoms with Gasteiger partial charge in [0.2, 0.25) is 0 Å². The van der Waals surface area contributed by atoms with Gasteiger partial charge in [-0.25, -0.2) is 19.0 Å². The van der Waals surface area contributed by atoms with Crippen molar-refractivity contribution in [3.05, 3.63) is 36.2 Å². The van der Waals surface area contributed by atoms with Gasteiger partial charge in [-0.2, -0.15) is 14.7 Å². The van der Waals surface area contributed by atoms with Gasteiger partial charge in [-0.05, 0) is 26.0 Å². The number of amides is 1. The zero-order valence-electron chi connectivity index (χ0n) is 16.8. The molecule has 4 heterocycles. The summed E-state index contributed by atoms with van der Waals surface area (Å²) in [6, 6.07) is 5.33. The van der Waals surface area contributed by atoms with Crippen LogP contribution in [0.1, 0.15) is 36.7 Å². The van der Waals surface area contributed by atoms with E-state index < -0.39 is 12.2 Å². The maximum absolute atomic E-state index is 13.2.